The lowest BCUT2D eigenvalue weighted by atomic mass is 10.1. The van der Waals surface area contributed by atoms with E-state index in [9.17, 15) is 5.11 Å². The van der Waals surface area contributed by atoms with Gasteiger partial charge in [0.1, 0.15) is 5.75 Å². The summed E-state index contributed by atoms with van der Waals surface area (Å²) in [6.45, 7) is 2.46. The number of ether oxygens (including phenoxy) is 1. The first-order valence-electron chi connectivity index (χ1n) is 4.64. The van der Waals surface area contributed by atoms with Gasteiger partial charge in [0, 0.05) is 5.75 Å². The van der Waals surface area contributed by atoms with E-state index in [-0.39, 0.29) is 0 Å². The molecule has 78 valence electrons. The van der Waals surface area contributed by atoms with Gasteiger partial charge in [0.05, 0.1) is 12.7 Å². The normalized spacial score (nSPS) is 12.5. The number of aliphatic hydroxyl groups excluding tert-OH is 1. The molecule has 0 amide bonds. The summed E-state index contributed by atoms with van der Waals surface area (Å²) in [6, 6.07) is 7.58. The van der Waals surface area contributed by atoms with Crippen molar-refractivity contribution in [1.82, 2.24) is 0 Å². The van der Waals surface area contributed by atoms with Crippen LogP contribution in [-0.4, -0.2) is 23.7 Å². The van der Waals surface area contributed by atoms with Crippen molar-refractivity contribution < 1.29 is 9.84 Å². The lowest BCUT2D eigenvalue weighted by Crippen LogP contribution is -2.00. The van der Waals surface area contributed by atoms with E-state index >= 15 is 0 Å². The fraction of sp³-hybridized carbons (Fsp3) is 0.455. The van der Waals surface area contributed by atoms with Gasteiger partial charge in [-0.25, -0.2) is 0 Å². The minimum atomic E-state index is -0.431. The molecule has 0 bridgehead atoms. The van der Waals surface area contributed by atoms with Crippen molar-refractivity contribution in [1.29, 1.82) is 0 Å². The maximum Gasteiger partial charge on any atom is 0.119 e. The van der Waals surface area contributed by atoms with Crippen molar-refractivity contribution in [3.05, 3.63) is 29.8 Å². The molecule has 2 nitrogen and oxygen atoms in total. The Morgan fingerprint density at radius 1 is 1.50 bits per heavy atom. The summed E-state index contributed by atoms with van der Waals surface area (Å²) in [4.78, 5) is 0. The summed E-state index contributed by atoms with van der Waals surface area (Å²) >= 11 is 1.76. The number of hydrogen-bond acceptors (Lipinski definition) is 3. The van der Waals surface area contributed by atoms with Gasteiger partial charge in [-0.1, -0.05) is 12.1 Å². The first-order valence-corrected chi connectivity index (χ1v) is 6.03. The summed E-state index contributed by atoms with van der Waals surface area (Å²) < 4.78 is 5.51. The van der Waals surface area contributed by atoms with Crippen LogP contribution < -0.4 is 4.74 Å². The van der Waals surface area contributed by atoms with Crippen LogP contribution in [0.5, 0.6) is 5.75 Å². The Morgan fingerprint density at radius 3 is 2.93 bits per heavy atom. The summed E-state index contributed by atoms with van der Waals surface area (Å²) in [6.07, 6.45) is 1.62. The first kappa shape index (κ1) is 11.4. The molecule has 0 aromatic heterocycles. The van der Waals surface area contributed by atoms with Crippen molar-refractivity contribution in [2.24, 2.45) is 0 Å². The highest BCUT2D eigenvalue weighted by molar-refractivity contribution is 7.98. The molecule has 1 rings (SSSR count). The van der Waals surface area contributed by atoms with E-state index in [1.165, 1.54) is 0 Å². The SMILES string of the molecule is CSCCOc1cccc([C@@H](C)O)c1. The Bertz CT molecular complexity index is 274. The van der Waals surface area contributed by atoms with E-state index in [0.717, 1.165) is 17.1 Å². The Balaban J connectivity index is 2.55. The minimum Gasteiger partial charge on any atom is -0.493 e. The van der Waals surface area contributed by atoms with Crippen LogP contribution in [0.2, 0.25) is 0 Å². The molecule has 0 unspecified atom stereocenters. The van der Waals surface area contributed by atoms with Gasteiger partial charge in [0.15, 0.2) is 0 Å². The van der Waals surface area contributed by atoms with Gasteiger partial charge in [0.25, 0.3) is 0 Å². The van der Waals surface area contributed by atoms with E-state index < -0.39 is 6.10 Å². The topological polar surface area (TPSA) is 29.5 Å². The molecule has 1 N–H and O–H groups in total. The van der Waals surface area contributed by atoms with E-state index in [0.29, 0.717) is 6.61 Å². The lowest BCUT2D eigenvalue weighted by molar-refractivity contribution is 0.198. The standard InChI is InChI=1S/C11H16O2S/c1-9(12)10-4-3-5-11(8-10)13-6-7-14-2/h3-5,8-9,12H,6-7H2,1-2H3/t9-/m1/s1. The van der Waals surface area contributed by atoms with Crippen molar-refractivity contribution in [2.75, 3.05) is 18.6 Å². The fourth-order valence-electron chi connectivity index (χ4n) is 1.11. The van der Waals surface area contributed by atoms with E-state index in [1.54, 1.807) is 18.7 Å². The smallest absolute Gasteiger partial charge is 0.119 e. The predicted octanol–water partition coefficient (Wildman–Crippen LogP) is 2.48. The molecule has 0 aliphatic heterocycles. The molecule has 0 aliphatic rings. The average Bonchev–Trinajstić information content (AvgIpc) is 2.19. The van der Waals surface area contributed by atoms with Gasteiger partial charge in [-0.2, -0.15) is 11.8 Å². The first-order chi connectivity index (χ1) is 6.74. The summed E-state index contributed by atoms with van der Waals surface area (Å²) in [7, 11) is 0. The highest BCUT2D eigenvalue weighted by Crippen LogP contribution is 2.18. The number of aliphatic hydroxyl groups is 1. The molecule has 0 aliphatic carbocycles. The van der Waals surface area contributed by atoms with Crippen molar-refractivity contribution in [3.63, 3.8) is 0 Å². The average molecular weight is 212 g/mol. The molecule has 14 heavy (non-hydrogen) atoms. The number of thioether (sulfide) groups is 1. The number of hydrogen-bond donors (Lipinski definition) is 1. The molecule has 0 saturated carbocycles. The second-order valence-corrected chi connectivity index (χ2v) is 4.08. The van der Waals surface area contributed by atoms with Gasteiger partial charge in [-0.05, 0) is 30.9 Å². The molecule has 0 radical (unpaired) electrons. The lowest BCUT2D eigenvalue weighted by Gasteiger charge is -2.08. The zero-order chi connectivity index (χ0) is 10.4. The monoisotopic (exact) mass is 212 g/mol. The third-order valence-corrected chi connectivity index (χ3v) is 2.47. The fourth-order valence-corrected chi connectivity index (χ4v) is 1.36. The molecule has 0 saturated heterocycles. The molecule has 3 heteroatoms. The van der Waals surface area contributed by atoms with Crippen LogP contribution in [0.4, 0.5) is 0 Å². The predicted molar refractivity (Wildman–Crippen MR) is 61.0 cm³/mol. The molecule has 1 atom stereocenters. The van der Waals surface area contributed by atoms with Crippen LogP contribution in [-0.2, 0) is 0 Å². The van der Waals surface area contributed by atoms with Crippen LogP contribution in [0.3, 0.4) is 0 Å². The Hall–Kier alpha value is -0.670. The Kier molecular flexibility index (Phi) is 4.84. The van der Waals surface area contributed by atoms with Gasteiger partial charge in [0.2, 0.25) is 0 Å². The van der Waals surface area contributed by atoms with Gasteiger partial charge in [-0.15, -0.1) is 0 Å². The van der Waals surface area contributed by atoms with E-state index in [4.69, 9.17) is 4.74 Å². The maximum absolute atomic E-state index is 9.36. The summed E-state index contributed by atoms with van der Waals surface area (Å²) in [5, 5.41) is 9.36. The highest BCUT2D eigenvalue weighted by Gasteiger charge is 2.01. The summed E-state index contributed by atoms with van der Waals surface area (Å²) in [5.74, 6) is 1.82. The van der Waals surface area contributed by atoms with Crippen LogP contribution in [0.15, 0.2) is 24.3 Å². The van der Waals surface area contributed by atoms with E-state index in [2.05, 4.69) is 6.26 Å². The Morgan fingerprint density at radius 2 is 2.29 bits per heavy atom. The third kappa shape index (κ3) is 3.60. The Labute approximate surface area is 89.3 Å². The largest absolute Gasteiger partial charge is 0.493 e. The molecule has 1 aromatic rings. The number of benzene rings is 1. The summed E-state index contributed by atoms with van der Waals surface area (Å²) in [5.41, 5.74) is 0.895. The second-order valence-electron chi connectivity index (χ2n) is 3.09. The highest BCUT2D eigenvalue weighted by atomic mass is 32.2. The molecular formula is C11H16O2S. The molecule has 1 aromatic carbocycles. The van der Waals surface area contributed by atoms with Crippen LogP contribution in [0, 0.1) is 0 Å². The van der Waals surface area contributed by atoms with Crippen molar-refractivity contribution in [2.45, 2.75) is 13.0 Å². The second kappa shape index (κ2) is 5.94. The van der Waals surface area contributed by atoms with Gasteiger partial charge in [-0.3, -0.25) is 0 Å². The zero-order valence-electron chi connectivity index (χ0n) is 8.56. The van der Waals surface area contributed by atoms with Crippen molar-refractivity contribution in [3.8, 4) is 5.75 Å². The quantitative estimate of drug-likeness (QED) is 0.760. The minimum absolute atomic E-state index is 0.431. The maximum atomic E-state index is 9.36. The van der Waals surface area contributed by atoms with Gasteiger partial charge >= 0.3 is 0 Å². The molecular weight excluding hydrogens is 196 g/mol. The number of rotatable bonds is 5. The van der Waals surface area contributed by atoms with Gasteiger partial charge < -0.3 is 9.84 Å². The van der Waals surface area contributed by atoms with Crippen LogP contribution in [0.1, 0.15) is 18.6 Å². The zero-order valence-corrected chi connectivity index (χ0v) is 9.38. The van der Waals surface area contributed by atoms with E-state index in [1.807, 2.05) is 24.3 Å². The van der Waals surface area contributed by atoms with Crippen LogP contribution >= 0.6 is 11.8 Å². The molecule has 0 spiro atoms. The van der Waals surface area contributed by atoms with Crippen LogP contribution in [0.25, 0.3) is 0 Å². The third-order valence-electron chi connectivity index (χ3n) is 1.90. The molecule has 0 fully saturated rings. The van der Waals surface area contributed by atoms with Crippen molar-refractivity contribution >= 4 is 11.8 Å². The molecule has 0 heterocycles.